The maximum absolute atomic E-state index is 11.8. The first-order valence-electron chi connectivity index (χ1n) is 6.87. The van der Waals surface area contributed by atoms with E-state index in [0.29, 0.717) is 13.1 Å². The molecular formula is C15H19N3O3S. The van der Waals surface area contributed by atoms with E-state index in [9.17, 15) is 9.59 Å². The summed E-state index contributed by atoms with van der Waals surface area (Å²) in [7, 11) is 1.79. The van der Waals surface area contributed by atoms with Crippen molar-refractivity contribution in [2.45, 2.75) is 20.0 Å². The lowest BCUT2D eigenvalue weighted by molar-refractivity contribution is -0.121. The van der Waals surface area contributed by atoms with Crippen LogP contribution >= 0.6 is 11.3 Å². The van der Waals surface area contributed by atoms with Crippen molar-refractivity contribution < 1.29 is 14.0 Å². The van der Waals surface area contributed by atoms with E-state index in [-0.39, 0.29) is 12.5 Å². The zero-order valence-corrected chi connectivity index (χ0v) is 13.4. The maximum atomic E-state index is 11.8. The van der Waals surface area contributed by atoms with Gasteiger partial charge in [0.1, 0.15) is 11.5 Å². The van der Waals surface area contributed by atoms with Crippen molar-refractivity contribution in [1.29, 1.82) is 0 Å². The van der Waals surface area contributed by atoms with Gasteiger partial charge in [-0.15, -0.1) is 11.3 Å². The first-order valence-corrected chi connectivity index (χ1v) is 7.75. The Morgan fingerprint density at radius 3 is 2.77 bits per heavy atom. The molecule has 2 N–H and O–H groups in total. The summed E-state index contributed by atoms with van der Waals surface area (Å²) >= 11 is 1.55. The third-order valence-electron chi connectivity index (χ3n) is 2.89. The second-order valence-electron chi connectivity index (χ2n) is 4.99. The SMILES string of the molecule is Cc1ccc(CN(C)CC(=O)NC(=O)NCc2cccs2)o1. The highest BCUT2D eigenvalue weighted by Gasteiger charge is 2.12. The summed E-state index contributed by atoms with van der Waals surface area (Å²) in [5.74, 6) is 1.27. The molecule has 6 nitrogen and oxygen atoms in total. The van der Waals surface area contributed by atoms with Gasteiger partial charge in [-0.1, -0.05) is 6.07 Å². The number of carbonyl (C=O) groups is 2. The number of urea groups is 1. The molecule has 0 bridgehead atoms. The summed E-state index contributed by atoms with van der Waals surface area (Å²) in [6, 6.07) is 7.10. The maximum Gasteiger partial charge on any atom is 0.321 e. The van der Waals surface area contributed by atoms with Gasteiger partial charge in [0.2, 0.25) is 5.91 Å². The fourth-order valence-corrected chi connectivity index (χ4v) is 2.57. The van der Waals surface area contributed by atoms with Gasteiger partial charge < -0.3 is 9.73 Å². The lowest BCUT2D eigenvalue weighted by Crippen LogP contribution is -2.43. The van der Waals surface area contributed by atoms with Crippen LogP contribution in [0, 0.1) is 6.92 Å². The quantitative estimate of drug-likeness (QED) is 0.854. The molecule has 0 atom stereocenters. The van der Waals surface area contributed by atoms with Crippen molar-refractivity contribution >= 4 is 23.3 Å². The van der Waals surface area contributed by atoms with Crippen LogP contribution in [0.4, 0.5) is 4.79 Å². The van der Waals surface area contributed by atoms with Crippen molar-refractivity contribution in [3.63, 3.8) is 0 Å². The van der Waals surface area contributed by atoms with Crippen LogP contribution in [-0.4, -0.2) is 30.4 Å². The third kappa shape index (κ3) is 5.34. The van der Waals surface area contributed by atoms with E-state index in [4.69, 9.17) is 4.42 Å². The highest BCUT2D eigenvalue weighted by Crippen LogP contribution is 2.08. The molecule has 118 valence electrons. The molecule has 0 saturated heterocycles. The molecule has 0 aliphatic heterocycles. The van der Waals surface area contributed by atoms with Crippen molar-refractivity contribution in [2.24, 2.45) is 0 Å². The van der Waals surface area contributed by atoms with Crippen LogP contribution < -0.4 is 10.6 Å². The van der Waals surface area contributed by atoms with Gasteiger partial charge in [-0.3, -0.25) is 15.0 Å². The normalized spacial score (nSPS) is 10.7. The number of imide groups is 1. The van der Waals surface area contributed by atoms with E-state index in [1.54, 1.807) is 23.3 Å². The lowest BCUT2D eigenvalue weighted by Gasteiger charge is -2.14. The Kier molecular flexibility index (Phi) is 5.74. The summed E-state index contributed by atoms with van der Waals surface area (Å²) in [4.78, 5) is 26.2. The Bertz CT molecular complexity index is 622. The molecule has 0 spiro atoms. The predicted octanol–water partition coefficient (Wildman–Crippen LogP) is 2.11. The summed E-state index contributed by atoms with van der Waals surface area (Å²) in [6.07, 6.45) is 0. The van der Waals surface area contributed by atoms with Gasteiger partial charge in [0.15, 0.2) is 0 Å². The topological polar surface area (TPSA) is 74.6 Å². The van der Waals surface area contributed by atoms with Gasteiger partial charge >= 0.3 is 6.03 Å². The van der Waals surface area contributed by atoms with E-state index in [0.717, 1.165) is 16.4 Å². The summed E-state index contributed by atoms with van der Waals surface area (Å²) in [5.41, 5.74) is 0. The number of aryl methyl sites for hydroxylation is 1. The van der Waals surface area contributed by atoms with E-state index < -0.39 is 6.03 Å². The number of nitrogens with zero attached hydrogens (tertiary/aromatic N) is 1. The van der Waals surface area contributed by atoms with Crippen LogP contribution in [0.25, 0.3) is 0 Å². The third-order valence-corrected chi connectivity index (χ3v) is 3.77. The van der Waals surface area contributed by atoms with Crippen molar-refractivity contribution in [3.8, 4) is 0 Å². The van der Waals surface area contributed by atoms with Gasteiger partial charge in [0, 0.05) is 4.88 Å². The Balaban J connectivity index is 1.69. The van der Waals surface area contributed by atoms with Crippen LogP contribution in [-0.2, 0) is 17.9 Å². The zero-order chi connectivity index (χ0) is 15.9. The monoisotopic (exact) mass is 321 g/mol. The molecule has 7 heteroatoms. The Labute approximate surface area is 133 Å². The smallest absolute Gasteiger partial charge is 0.321 e. The number of hydrogen-bond acceptors (Lipinski definition) is 5. The van der Waals surface area contributed by atoms with E-state index in [1.165, 1.54) is 0 Å². The lowest BCUT2D eigenvalue weighted by atomic mass is 10.4. The minimum Gasteiger partial charge on any atom is -0.465 e. The van der Waals surface area contributed by atoms with Gasteiger partial charge in [-0.2, -0.15) is 0 Å². The number of amides is 3. The van der Waals surface area contributed by atoms with E-state index in [2.05, 4.69) is 10.6 Å². The van der Waals surface area contributed by atoms with Crippen molar-refractivity contribution in [3.05, 3.63) is 46.0 Å². The number of carbonyl (C=O) groups excluding carboxylic acids is 2. The molecule has 2 aromatic rings. The molecule has 22 heavy (non-hydrogen) atoms. The number of rotatable bonds is 6. The molecule has 0 saturated carbocycles. The Morgan fingerprint density at radius 1 is 1.32 bits per heavy atom. The van der Waals surface area contributed by atoms with Gasteiger partial charge in [-0.25, -0.2) is 4.79 Å². The molecule has 0 aromatic carbocycles. The number of thiophene rings is 1. The molecule has 0 aliphatic carbocycles. The second kappa shape index (κ2) is 7.77. The van der Waals surface area contributed by atoms with Gasteiger partial charge in [-0.05, 0) is 37.6 Å². The van der Waals surface area contributed by atoms with E-state index >= 15 is 0 Å². The molecule has 2 rings (SSSR count). The molecule has 3 amide bonds. The number of nitrogens with one attached hydrogen (secondary N) is 2. The number of hydrogen-bond donors (Lipinski definition) is 2. The first-order chi connectivity index (χ1) is 10.5. The fourth-order valence-electron chi connectivity index (χ4n) is 1.93. The summed E-state index contributed by atoms with van der Waals surface area (Å²) < 4.78 is 5.45. The summed E-state index contributed by atoms with van der Waals surface area (Å²) in [5, 5.41) is 6.89. The average molecular weight is 321 g/mol. The van der Waals surface area contributed by atoms with Gasteiger partial charge in [0.25, 0.3) is 0 Å². The van der Waals surface area contributed by atoms with Crippen LogP contribution in [0.2, 0.25) is 0 Å². The molecule has 0 fully saturated rings. The van der Waals surface area contributed by atoms with Crippen molar-refractivity contribution in [2.75, 3.05) is 13.6 Å². The molecule has 0 aliphatic rings. The van der Waals surface area contributed by atoms with Crippen LogP contribution in [0.5, 0.6) is 0 Å². The Hall–Kier alpha value is -2.12. The van der Waals surface area contributed by atoms with E-state index in [1.807, 2.05) is 36.6 Å². The largest absolute Gasteiger partial charge is 0.465 e. The highest BCUT2D eigenvalue weighted by atomic mass is 32.1. The number of furan rings is 1. The molecule has 2 heterocycles. The second-order valence-corrected chi connectivity index (χ2v) is 6.03. The molecule has 0 unspecified atom stereocenters. The fraction of sp³-hybridized carbons (Fsp3) is 0.333. The standard InChI is InChI=1S/C15H19N3O3S/c1-11-5-6-12(21-11)9-18(2)10-14(19)17-15(20)16-8-13-4-3-7-22-13/h3-7H,8-10H2,1-2H3,(H2,16,17,19,20). The minimum absolute atomic E-state index is 0.117. The van der Waals surface area contributed by atoms with Crippen LogP contribution in [0.15, 0.2) is 34.1 Å². The zero-order valence-electron chi connectivity index (χ0n) is 12.6. The first kappa shape index (κ1) is 16.3. The van der Waals surface area contributed by atoms with Gasteiger partial charge in [0.05, 0.1) is 19.6 Å². The van der Waals surface area contributed by atoms with Crippen LogP contribution in [0.1, 0.15) is 16.4 Å². The minimum atomic E-state index is -0.486. The molecule has 0 radical (unpaired) electrons. The van der Waals surface area contributed by atoms with Crippen molar-refractivity contribution in [1.82, 2.24) is 15.5 Å². The molecule has 2 aromatic heterocycles. The average Bonchev–Trinajstić information content (AvgIpc) is 3.07. The Morgan fingerprint density at radius 2 is 2.14 bits per heavy atom. The van der Waals surface area contributed by atoms with Crippen LogP contribution in [0.3, 0.4) is 0 Å². The summed E-state index contributed by atoms with van der Waals surface area (Å²) in [6.45, 7) is 2.91. The number of likely N-dealkylation sites (N-methyl/N-ethyl adjacent to an activating group) is 1. The highest BCUT2D eigenvalue weighted by molar-refractivity contribution is 7.09. The molecular weight excluding hydrogens is 302 g/mol. The predicted molar refractivity (Wildman–Crippen MR) is 84.5 cm³/mol.